The maximum Gasteiger partial charge on any atom is 0.259 e. The number of anilines is 2. The number of aliphatic hydroxyl groups is 2. The number of rotatable bonds is 6. The van der Waals surface area contributed by atoms with Gasteiger partial charge in [-0.2, -0.15) is 0 Å². The number of halogens is 2. The molecule has 0 saturated carbocycles. The lowest BCUT2D eigenvalue weighted by Crippen LogP contribution is -2.22. The standard InChI is InChI=1S/C16H16Cl2N2O4/c17-9-1-4-15(24-8-11(22)7-21)12(5-9)16(23)20-14-3-2-10(19)6-13(14)18/h1-6,11,21-22H,7-8,19H2,(H,20,23). The fourth-order valence-electron chi connectivity index (χ4n) is 1.87. The summed E-state index contributed by atoms with van der Waals surface area (Å²) in [6, 6.07) is 9.19. The molecule has 0 aliphatic heterocycles. The molecule has 0 fully saturated rings. The van der Waals surface area contributed by atoms with Gasteiger partial charge in [0.1, 0.15) is 18.5 Å². The van der Waals surface area contributed by atoms with Gasteiger partial charge < -0.3 is 26.0 Å². The topological polar surface area (TPSA) is 105 Å². The van der Waals surface area contributed by atoms with Crippen molar-refractivity contribution in [2.24, 2.45) is 0 Å². The van der Waals surface area contributed by atoms with Crippen LogP contribution in [-0.2, 0) is 0 Å². The summed E-state index contributed by atoms with van der Waals surface area (Å²) in [6.45, 7) is -0.614. The highest BCUT2D eigenvalue weighted by Crippen LogP contribution is 2.27. The van der Waals surface area contributed by atoms with Crippen LogP contribution in [0.4, 0.5) is 11.4 Å². The summed E-state index contributed by atoms with van der Waals surface area (Å²) in [5.74, 6) is -0.270. The Morgan fingerprint density at radius 2 is 2.00 bits per heavy atom. The van der Waals surface area contributed by atoms with Gasteiger partial charge in [0.05, 0.1) is 22.9 Å². The molecule has 0 spiro atoms. The van der Waals surface area contributed by atoms with E-state index in [0.29, 0.717) is 21.4 Å². The summed E-state index contributed by atoms with van der Waals surface area (Å²) in [7, 11) is 0. The molecule has 1 unspecified atom stereocenters. The summed E-state index contributed by atoms with van der Waals surface area (Å²) >= 11 is 12.0. The molecule has 0 aliphatic rings. The van der Waals surface area contributed by atoms with Crippen LogP contribution in [-0.4, -0.2) is 35.4 Å². The predicted molar refractivity (Wildman–Crippen MR) is 93.9 cm³/mol. The van der Waals surface area contributed by atoms with Gasteiger partial charge >= 0.3 is 0 Å². The highest BCUT2D eigenvalue weighted by molar-refractivity contribution is 6.34. The number of carbonyl (C=O) groups excluding carboxylic acids is 1. The molecule has 5 N–H and O–H groups in total. The van der Waals surface area contributed by atoms with E-state index >= 15 is 0 Å². The monoisotopic (exact) mass is 370 g/mol. The highest BCUT2D eigenvalue weighted by atomic mass is 35.5. The van der Waals surface area contributed by atoms with Gasteiger partial charge in [0.2, 0.25) is 0 Å². The number of nitrogen functional groups attached to an aromatic ring is 1. The van der Waals surface area contributed by atoms with E-state index in [1.54, 1.807) is 18.2 Å². The van der Waals surface area contributed by atoms with E-state index in [1.807, 2.05) is 0 Å². The zero-order valence-electron chi connectivity index (χ0n) is 12.5. The molecule has 2 aromatic carbocycles. The predicted octanol–water partition coefficient (Wildman–Crippen LogP) is 2.56. The molecule has 128 valence electrons. The summed E-state index contributed by atoms with van der Waals surface area (Å²) in [6.07, 6.45) is -1.05. The van der Waals surface area contributed by atoms with Crippen molar-refractivity contribution in [3.05, 3.63) is 52.0 Å². The Hall–Kier alpha value is -1.99. The summed E-state index contributed by atoms with van der Waals surface area (Å²) < 4.78 is 5.37. The quantitative estimate of drug-likeness (QED) is 0.584. The van der Waals surface area contributed by atoms with E-state index in [-0.39, 0.29) is 17.9 Å². The maximum absolute atomic E-state index is 12.5. The molecule has 1 atom stereocenters. The molecular weight excluding hydrogens is 355 g/mol. The van der Waals surface area contributed by atoms with Crippen LogP contribution in [0.25, 0.3) is 0 Å². The lowest BCUT2D eigenvalue weighted by molar-refractivity contribution is 0.0532. The lowest BCUT2D eigenvalue weighted by Gasteiger charge is -2.14. The van der Waals surface area contributed by atoms with Crippen LogP contribution in [0.15, 0.2) is 36.4 Å². The highest BCUT2D eigenvalue weighted by Gasteiger charge is 2.16. The number of aliphatic hydroxyl groups excluding tert-OH is 2. The van der Waals surface area contributed by atoms with Crippen LogP contribution >= 0.6 is 23.2 Å². The van der Waals surface area contributed by atoms with Crippen LogP contribution in [0, 0.1) is 0 Å². The maximum atomic E-state index is 12.5. The number of ether oxygens (including phenoxy) is 1. The van der Waals surface area contributed by atoms with Crippen molar-refractivity contribution in [2.45, 2.75) is 6.10 Å². The molecule has 0 bridgehead atoms. The summed E-state index contributed by atoms with van der Waals surface area (Å²) in [5.41, 5.74) is 6.64. The van der Waals surface area contributed by atoms with Gasteiger partial charge in [-0.1, -0.05) is 23.2 Å². The van der Waals surface area contributed by atoms with Gasteiger partial charge in [0, 0.05) is 10.7 Å². The molecule has 24 heavy (non-hydrogen) atoms. The van der Waals surface area contributed by atoms with Gasteiger partial charge in [0.15, 0.2) is 0 Å². The van der Waals surface area contributed by atoms with Crippen molar-refractivity contribution in [1.82, 2.24) is 0 Å². The van der Waals surface area contributed by atoms with Crippen LogP contribution in [0.2, 0.25) is 10.0 Å². The van der Waals surface area contributed by atoms with Gasteiger partial charge in [-0.25, -0.2) is 0 Å². The molecule has 8 heteroatoms. The number of nitrogens with two attached hydrogens (primary N) is 1. The molecule has 0 aromatic heterocycles. The first-order valence-corrected chi connectivity index (χ1v) is 7.74. The number of benzene rings is 2. The Labute approximate surface area is 148 Å². The van der Waals surface area contributed by atoms with E-state index in [9.17, 15) is 9.90 Å². The molecule has 0 radical (unpaired) electrons. The first-order valence-electron chi connectivity index (χ1n) is 6.98. The second-order valence-electron chi connectivity index (χ2n) is 4.98. The first kappa shape index (κ1) is 18.4. The Morgan fingerprint density at radius 3 is 2.67 bits per heavy atom. The fraction of sp³-hybridized carbons (Fsp3) is 0.188. The van der Waals surface area contributed by atoms with Crippen molar-refractivity contribution < 1.29 is 19.7 Å². The first-order chi connectivity index (χ1) is 11.4. The fourth-order valence-corrected chi connectivity index (χ4v) is 2.27. The van der Waals surface area contributed by atoms with Crippen molar-refractivity contribution in [3.8, 4) is 5.75 Å². The van der Waals surface area contributed by atoms with E-state index < -0.39 is 18.6 Å². The Bertz CT molecular complexity index is 740. The number of amides is 1. The summed E-state index contributed by atoms with van der Waals surface area (Å²) in [5, 5.41) is 21.5. The third-order valence-electron chi connectivity index (χ3n) is 3.07. The molecule has 2 rings (SSSR count). The zero-order valence-corrected chi connectivity index (χ0v) is 14.0. The van der Waals surface area contributed by atoms with Gasteiger partial charge in [0.25, 0.3) is 5.91 Å². The average Bonchev–Trinajstić information content (AvgIpc) is 2.55. The average molecular weight is 371 g/mol. The van der Waals surface area contributed by atoms with Gasteiger partial charge in [-0.15, -0.1) is 0 Å². The van der Waals surface area contributed by atoms with Crippen molar-refractivity contribution in [2.75, 3.05) is 24.3 Å². The molecule has 0 heterocycles. The van der Waals surface area contributed by atoms with Crippen LogP contribution in [0.5, 0.6) is 5.75 Å². The van der Waals surface area contributed by atoms with Crippen molar-refractivity contribution in [3.63, 3.8) is 0 Å². The van der Waals surface area contributed by atoms with E-state index in [1.165, 1.54) is 18.2 Å². The SMILES string of the molecule is Nc1ccc(NC(=O)c2cc(Cl)ccc2OCC(O)CO)c(Cl)c1. The van der Waals surface area contributed by atoms with E-state index in [4.69, 9.17) is 38.8 Å². The third-order valence-corrected chi connectivity index (χ3v) is 3.62. The Kier molecular flexibility index (Phi) is 6.28. The Balaban J connectivity index is 2.22. The number of hydrogen-bond acceptors (Lipinski definition) is 5. The molecule has 0 aliphatic carbocycles. The number of hydrogen-bond donors (Lipinski definition) is 4. The van der Waals surface area contributed by atoms with Gasteiger partial charge in [-0.3, -0.25) is 4.79 Å². The minimum absolute atomic E-state index is 0.166. The number of nitrogens with one attached hydrogen (secondary N) is 1. The van der Waals surface area contributed by atoms with Crippen LogP contribution < -0.4 is 15.8 Å². The zero-order chi connectivity index (χ0) is 17.7. The molecule has 1 amide bonds. The molecule has 2 aromatic rings. The number of carbonyl (C=O) groups is 1. The van der Waals surface area contributed by atoms with Crippen LogP contribution in [0.1, 0.15) is 10.4 Å². The second-order valence-corrected chi connectivity index (χ2v) is 5.82. The largest absolute Gasteiger partial charge is 0.490 e. The minimum atomic E-state index is -1.05. The normalized spacial score (nSPS) is 11.8. The van der Waals surface area contributed by atoms with Crippen LogP contribution in [0.3, 0.4) is 0 Å². The van der Waals surface area contributed by atoms with E-state index in [0.717, 1.165) is 0 Å². The Morgan fingerprint density at radius 1 is 1.25 bits per heavy atom. The third kappa shape index (κ3) is 4.75. The molecular formula is C16H16Cl2N2O4. The minimum Gasteiger partial charge on any atom is -0.490 e. The summed E-state index contributed by atoms with van der Waals surface area (Å²) in [4.78, 5) is 12.5. The van der Waals surface area contributed by atoms with Crippen molar-refractivity contribution in [1.29, 1.82) is 0 Å². The van der Waals surface area contributed by atoms with Gasteiger partial charge in [-0.05, 0) is 36.4 Å². The van der Waals surface area contributed by atoms with Crippen molar-refractivity contribution >= 4 is 40.5 Å². The lowest BCUT2D eigenvalue weighted by atomic mass is 10.1. The molecule has 6 nitrogen and oxygen atoms in total. The van der Waals surface area contributed by atoms with E-state index in [2.05, 4.69) is 5.32 Å². The molecule has 0 saturated heterocycles. The second kappa shape index (κ2) is 8.21. The smallest absolute Gasteiger partial charge is 0.259 e.